The topological polar surface area (TPSA) is 20.2 Å². The molecular weight excluding hydrogens is 367 g/mol. The number of aromatic hydroxyl groups is 1. The fourth-order valence-electron chi connectivity index (χ4n) is 1.33. The average molecular weight is 375 g/mol. The zero-order chi connectivity index (χ0) is 10.8. The van der Waals surface area contributed by atoms with Crippen LogP contribution in [0.5, 0.6) is 5.75 Å². The fourth-order valence-corrected chi connectivity index (χ4v) is 2.07. The van der Waals surface area contributed by atoms with E-state index in [0.717, 1.165) is 15.6 Å². The molecule has 0 saturated heterocycles. The van der Waals surface area contributed by atoms with Gasteiger partial charge in [0.15, 0.2) is 0 Å². The van der Waals surface area contributed by atoms with Gasteiger partial charge in [-0.1, -0.05) is 18.2 Å². The van der Waals surface area contributed by atoms with E-state index in [2.05, 4.69) is 62.8 Å². The third kappa shape index (κ3) is 2.52. The lowest BCUT2D eigenvalue weighted by Gasteiger charge is -2.03. The molecule has 0 aliphatic rings. The van der Waals surface area contributed by atoms with Crippen LogP contribution in [-0.2, 0) is 0 Å². The quantitative estimate of drug-likeness (QED) is 0.732. The van der Waals surface area contributed by atoms with Gasteiger partial charge in [0.1, 0.15) is 5.75 Å². The van der Waals surface area contributed by atoms with Gasteiger partial charge in [0.2, 0.25) is 0 Å². The van der Waals surface area contributed by atoms with Crippen molar-refractivity contribution >= 4 is 38.5 Å². The Morgan fingerprint density at radius 2 is 1.53 bits per heavy atom. The van der Waals surface area contributed by atoms with Crippen LogP contribution in [0.3, 0.4) is 0 Å². The van der Waals surface area contributed by atoms with Gasteiger partial charge in [-0.15, -0.1) is 0 Å². The van der Waals surface area contributed by atoms with Gasteiger partial charge in [-0.25, -0.2) is 0 Å². The summed E-state index contributed by atoms with van der Waals surface area (Å²) in [5.74, 6) is 0.268. The second-order valence-corrected chi connectivity index (χ2v) is 5.27. The van der Waals surface area contributed by atoms with Gasteiger partial charge in [0, 0.05) is 3.57 Å². The van der Waals surface area contributed by atoms with Crippen molar-refractivity contribution in [2.45, 2.75) is 0 Å². The molecule has 0 heterocycles. The SMILES string of the molecule is Oc1ccc(-c2ccc(I)cc2)cc1Br. The largest absolute Gasteiger partial charge is 0.507 e. The van der Waals surface area contributed by atoms with Crippen molar-refractivity contribution in [1.29, 1.82) is 0 Å². The van der Waals surface area contributed by atoms with Gasteiger partial charge < -0.3 is 5.11 Å². The average Bonchev–Trinajstić information content (AvgIpc) is 2.23. The molecule has 0 atom stereocenters. The molecule has 3 heteroatoms. The Hall–Kier alpha value is -0.550. The molecule has 0 fully saturated rings. The maximum absolute atomic E-state index is 9.39. The summed E-state index contributed by atoms with van der Waals surface area (Å²) in [7, 11) is 0. The van der Waals surface area contributed by atoms with Crippen molar-refractivity contribution in [3.8, 4) is 16.9 Å². The summed E-state index contributed by atoms with van der Waals surface area (Å²) in [4.78, 5) is 0. The third-order valence-electron chi connectivity index (χ3n) is 2.13. The van der Waals surface area contributed by atoms with Crippen LogP contribution in [0.2, 0.25) is 0 Å². The Bertz CT molecular complexity index is 479. The number of phenolic OH excluding ortho intramolecular Hbond substituents is 1. The van der Waals surface area contributed by atoms with Gasteiger partial charge in [0.05, 0.1) is 4.47 Å². The summed E-state index contributed by atoms with van der Waals surface area (Å²) >= 11 is 5.58. The minimum atomic E-state index is 0.268. The standard InChI is InChI=1S/C12H8BrIO/c13-11-7-9(3-6-12(11)15)8-1-4-10(14)5-2-8/h1-7,15H. The Morgan fingerprint density at radius 3 is 2.13 bits per heavy atom. The Morgan fingerprint density at radius 1 is 0.933 bits per heavy atom. The van der Waals surface area contributed by atoms with Crippen molar-refractivity contribution in [3.05, 3.63) is 50.5 Å². The first-order chi connectivity index (χ1) is 7.16. The minimum absolute atomic E-state index is 0.268. The first kappa shape index (κ1) is 11.0. The highest BCUT2D eigenvalue weighted by Gasteiger charge is 2.01. The van der Waals surface area contributed by atoms with E-state index >= 15 is 0 Å². The highest BCUT2D eigenvalue weighted by atomic mass is 127. The van der Waals surface area contributed by atoms with Crippen LogP contribution >= 0.6 is 38.5 Å². The lowest BCUT2D eigenvalue weighted by molar-refractivity contribution is 0.472. The van der Waals surface area contributed by atoms with Gasteiger partial charge >= 0.3 is 0 Å². The van der Waals surface area contributed by atoms with E-state index in [0.29, 0.717) is 0 Å². The lowest BCUT2D eigenvalue weighted by Crippen LogP contribution is -1.78. The van der Waals surface area contributed by atoms with E-state index in [1.807, 2.05) is 12.1 Å². The monoisotopic (exact) mass is 374 g/mol. The van der Waals surface area contributed by atoms with Gasteiger partial charge in [-0.05, 0) is 73.9 Å². The van der Waals surface area contributed by atoms with E-state index in [1.54, 1.807) is 6.07 Å². The van der Waals surface area contributed by atoms with Crippen LogP contribution in [0.15, 0.2) is 46.9 Å². The molecule has 0 radical (unpaired) electrons. The molecule has 0 aromatic heterocycles. The molecule has 2 rings (SSSR count). The van der Waals surface area contributed by atoms with Crippen molar-refractivity contribution < 1.29 is 5.11 Å². The van der Waals surface area contributed by atoms with Crippen LogP contribution < -0.4 is 0 Å². The number of rotatable bonds is 1. The summed E-state index contributed by atoms with van der Waals surface area (Å²) in [6.07, 6.45) is 0. The van der Waals surface area contributed by atoms with E-state index < -0.39 is 0 Å². The number of hydrogen-bond donors (Lipinski definition) is 1. The normalized spacial score (nSPS) is 10.3. The minimum Gasteiger partial charge on any atom is -0.507 e. The van der Waals surface area contributed by atoms with E-state index in [9.17, 15) is 5.11 Å². The molecule has 15 heavy (non-hydrogen) atoms. The molecule has 0 saturated carbocycles. The number of phenols is 1. The molecule has 0 unspecified atom stereocenters. The third-order valence-corrected chi connectivity index (χ3v) is 3.48. The number of hydrogen-bond acceptors (Lipinski definition) is 1. The molecule has 0 aliphatic heterocycles. The van der Waals surface area contributed by atoms with E-state index in [4.69, 9.17) is 0 Å². The van der Waals surface area contributed by atoms with Crippen LogP contribution in [0.4, 0.5) is 0 Å². The molecule has 76 valence electrons. The van der Waals surface area contributed by atoms with Crippen LogP contribution in [0.1, 0.15) is 0 Å². The van der Waals surface area contributed by atoms with Crippen molar-refractivity contribution in [2.24, 2.45) is 0 Å². The number of benzene rings is 2. The maximum atomic E-state index is 9.39. The molecule has 2 aromatic carbocycles. The molecule has 2 aromatic rings. The summed E-state index contributed by atoms with van der Waals surface area (Å²) in [5, 5.41) is 9.39. The molecule has 1 N–H and O–H groups in total. The second kappa shape index (κ2) is 4.53. The molecular formula is C12H8BrIO. The first-order valence-corrected chi connectivity index (χ1v) is 6.28. The smallest absolute Gasteiger partial charge is 0.129 e. The van der Waals surface area contributed by atoms with Gasteiger partial charge in [-0.2, -0.15) is 0 Å². The van der Waals surface area contributed by atoms with Crippen LogP contribution in [0, 0.1) is 3.57 Å². The fraction of sp³-hybridized carbons (Fsp3) is 0. The zero-order valence-electron chi connectivity index (χ0n) is 7.74. The summed E-state index contributed by atoms with van der Waals surface area (Å²) in [6, 6.07) is 13.8. The predicted molar refractivity (Wildman–Crippen MR) is 74.0 cm³/mol. The van der Waals surface area contributed by atoms with Crippen LogP contribution in [-0.4, -0.2) is 5.11 Å². The highest BCUT2D eigenvalue weighted by molar-refractivity contribution is 14.1. The van der Waals surface area contributed by atoms with Crippen molar-refractivity contribution in [2.75, 3.05) is 0 Å². The molecule has 0 aliphatic carbocycles. The molecule has 0 amide bonds. The predicted octanol–water partition coefficient (Wildman–Crippen LogP) is 4.43. The van der Waals surface area contributed by atoms with Crippen LogP contribution in [0.25, 0.3) is 11.1 Å². The Kier molecular flexibility index (Phi) is 3.31. The molecule has 1 nitrogen and oxygen atoms in total. The first-order valence-electron chi connectivity index (χ1n) is 4.41. The highest BCUT2D eigenvalue weighted by Crippen LogP contribution is 2.29. The summed E-state index contributed by atoms with van der Waals surface area (Å²) < 4.78 is 1.94. The van der Waals surface area contributed by atoms with Crippen molar-refractivity contribution in [3.63, 3.8) is 0 Å². The van der Waals surface area contributed by atoms with E-state index in [-0.39, 0.29) is 5.75 Å². The summed E-state index contributed by atoms with van der Waals surface area (Å²) in [6.45, 7) is 0. The summed E-state index contributed by atoms with van der Waals surface area (Å²) in [5.41, 5.74) is 2.24. The van der Waals surface area contributed by atoms with Crippen molar-refractivity contribution in [1.82, 2.24) is 0 Å². The second-order valence-electron chi connectivity index (χ2n) is 3.17. The zero-order valence-corrected chi connectivity index (χ0v) is 11.5. The van der Waals surface area contributed by atoms with Gasteiger partial charge in [-0.3, -0.25) is 0 Å². The Balaban J connectivity index is 2.45. The lowest BCUT2D eigenvalue weighted by atomic mass is 10.1. The van der Waals surface area contributed by atoms with E-state index in [1.165, 1.54) is 3.57 Å². The number of halogens is 2. The molecule has 0 bridgehead atoms. The molecule has 0 spiro atoms. The van der Waals surface area contributed by atoms with Gasteiger partial charge in [0.25, 0.3) is 0 Å². The Labute approximate surface area is 110 Å². The maximum Gasteiger partial charge on any atom is 0.129 e.